The van der Waals surface area contributed by atoms with Gasteiger partial charge >= 0.3 is 0 Å². The van der Waals surface area contributed by atoms with Crippen molar-refractivity contribution in [2.75, 3.05) is 5.32 Å². The first-order chi connectivity index (χ1) is 9.11. The van der Waals surface area contributed by atoms with Crippen molar-refractivity contribution in [2.24, 2.45) is 0 Å². The second kappa shape index (κ2) is 5.74. The fourth-order valence-electron chi connectivity index (χ4n) is 2.12. The maximum atomic E-state index is 13.8. The standard InChI is InChI=1S/C16H18FNO/c1-3-15(12-7-9-13(19)10-8-12)18-16-11(2)5-4-6-14(16)17/h4-10,15,18-19H,3H2,1-2H3. The van der Waals surface area contributed by atoms with Gasteiger partial charge in [-0.1, -0.05) is 31.2 Å². The summed E-state index contributed by atoms with van der Waals surface area (Å²) >= 11 is 0. The Labute approximate surface area is 112 Å². The van der Waals surface area contributed by atoms with Gasteiger partial charge < -0.3 is 10.4 Å². The number of hydrogen-bond acceptors (Lipinski definition) is 2. The molecule has 1 atom stereocenters. The van der Waals surface area contributed by atoms with Gasteiger partial charge in [-0.05, 0) is 42.7 Å². The topological polar surface area (TPSA) is 32.3 Å². The quantitative estimate of drug-likeness (QED) is 0.852. The van der Waals surface area contributed by atoms with Gasteiger partial charge in [0, 0.05) is 0 Å². The average Bonchev–Trinajstić information content (AvgIpc) is 2.40. The second-order valence-electron chi connectivity index (χ2n) is 4.63. The highest BCUT2D eigenvalue weighted by Crippen LogP contribution is 2.27. The molecule has 0 spiro atoms. The van der Waals surface area contributed by atoms with Crippen LogP contribution in [0.1, 0.15) is 30.5 Å². The van der Waals surface area contributed by atoms with E-state index in [2.05, 4.69) is 5.32 Å². The van der Waals surface area contributed by atoms with Crippen molar-refractivity contribution in [3.63, 3.8) is 0 Å². The van der Waals surface area contributed by atoms with Crippen LogP contribution in [0.2, 0.25) is 0 Å². The molecule has 3 heteroatoms. The first kappa shape index (κ1) is 13.4. The molecule has 2 N–H and O–H groups in total. The minimum atomic E-state index is -0.239. The lowest BCUT2D eigenvalue weighted by molar-refractivity contribution is 0.475. The fraction of sp³-hybridized carbons (Fsp3) is 0.250. The summed E-state index contributed by atoms with van der Waals surface area (Å²) in [5.41, 5.74) is 2.46. The predicted molar refractivity (Wildman–Crippen MR) is 75.9 cm³/mol. The highest BCUT2D eigenvalue weighted by molar-refractivity contribution is 5.53. The number of phenols is 1. The van der Waals surface area contributed by atoms with Gasteiger partial charge in [0.1, 0.15) is 11.6 Å². The molecule has 0 heterocycles. The molecule has 0 radical (unpaired) electrons. The lowest BCUT2D eigenvalue weighted by Crippen LogP contribution is -2.11. The highest BCUT2D eigenvalue weighted by atomic mass is 19.1. The largest absolute Gasteiger partial charge is 0.508 e. The third-order valence-electron chi connectivity index (χ3n) is 3.24. The van der Waals surface area contributed by atoms with Crippen LogP contribution in [0.5, 0.6) is 5.75 Å². The molecule has 0 fully saturated rings. The monoisotopic (exact) mass is 259 g/mol. The van der Waals surface area contributed by atoms with Crippen LogP contribution in [-0.4, -0.2) is 5.11 Å². The van der Waals surface area contributed by atoms with E-state index in [4.69, 9.17) is 0 Å². The van der Waals surface area contributed by atoms with Gasteiger partial charge in [-0.25, -0.2) is 4.39 Å². The number of nitrogens with one attached hydrogen (secondary N) is 1. The van der Waals surface area contributed by atoms with Crippen LogP contribution in [-0.2, 0) is 0 Å². The molecule has 0 saturated carbocycles. The molecule has 0 aliphatic carbocycles. The molecule has 1 unspecified atom stereocenters. The molecule has 0 amide bonds. The van der Waals surface area contributed by atoms with Crippen molar-refractivity contribution in [3.8, 4) is 5.75 Å². The van der Waals surface area contributed by atoms with Crippen LogP contribution in [0.25, 0.3) is 0 Å². The second-order valence-corrected chi connectivity index (χ2v) is 4.63. The van der Waals surface area contributed by atoms with Crippen molar-refractivity contribution < 1.29 is 9.50 Å². The van der Waals surface area contributed by atoms with E-state index < -0.39 is 0 Å². The Kier molecular flexibility index (Phi) is 4.05. The summed E-state index contributed by atoms with van der Waals surface area (Å²) in [5, 5.41) is 12.6. The van der Waals surface area contributed by atoms with Gasteiger partial charge in [-0.3, -0.25) is 0 Å². The lowest BCUT2D eigenvalue weighted by Gasteiger charge is -2.20. The molecule has 2 nitrogen and oxygen atoms in total. The molecule has 0 aromatic heterocycles. The molecule has 0 aliphatic rings. The smallest absolute Gasteiger partial charge is 0.146 e. The third kappa shape index (κ3) is 3.05. The Morgan fingerprint density at radius 3 is 2.42 bits per heavy atom. The molecule has 2 rings (SSSR count). The molecular weight excluding hydrogens is 241 g/mol. The van der Waals surface area contributed by atoms with Crippen LogP contribution >= 0.6 is 0 Å². The fourth-order valence-corrected chi connectivity index (χ4v) is 2.12. The zero-order valence-corrected chi connectivity index (χ0v) is 11.2. The van der Waals surface area contributed by atoms with E-state index >= 15 is 0 Å². The Balaban J connectivity index is 2.26. The van der Waals surface area contributed by atoms with E-state index in [0.29, 0.717) is 5.69 Å². The van der Waals surface area contributed by atoms with Gasteiger partial charge in [-0.2, -0.15) is 0 Å². The Morgan fingerprint density at radius 2 is 1.84 bits per heavy atom. The minimum absolute atomic E-state index is 0.0243. The SMILES string of the molecule is CCC(Nc1c(C)cccc1F)c1ccc(O)cc1. The van der Waals surface area contributed by atoms with Crippen LogP contribution in [0, 0.1) is 12.7 Å². The summed E-state index contributed by atoms with van der Waals surface area (Å²) in [6.45, 7) is 3.93. The van der Waals surface area contributed by atoms with Crippen molar-refractivity contribution in [3.05, 3.63) is 59.4 Å². The Hall–Kier alpha value is -2.03. The summed E-state index contributed by atoms with van der Waals surface area (Å²) in [5.74, 6) is -0.00194. The van der Waals surface area contributed by atoms with E-state index in [0.717, 1.165) is 17.5 Å². The number of anilines is 1. The number of aryl methyl sites for hydroxylation is 1. The lowest BCUT2D eigenvalue weighted by atomic mass is 10.0. The summed E-state index contributed by atoms with van der Waals surface area (Å²) in [7, 11) is 0. The highest BCUT2D eigenvalue weighted by Gasteiger charge is 2.13. The van der Waals surface area contributed by atoms with Crippen molar-refractivity contribution in [1.29, 1.82) is 0 Å². The van der Waals surface area contributed by atoms with Crippen molar-refractivity contribution >= 4 is 5.69 Å². The summed E-state index contributed by atoms with van der Waals surface area (Å²) in [6, 6.07) is 12.1. The Bertz CT molecular complexity index is 531. The molecule has 2 aromatic carbocycles. The number of halogens is 1. The number of hydrogen-bond donors (Lipinski definition) is 2. The molecule has 0 aliphatic heterocycles. The maximum Gasteiger partial charge on any atom is 0.146 e. The van der Waals surface area contributed by atoms with Crippen LogP contribution < -0.4 is 5.32 Å². The van der Waals surface area contributed by atoms with E-state index in [1.807, 2.05) is 32.0 Å². The summed E-state index contributed by atoms with van der Waals surface area (Å²) < 4.78 is 13.8. The normalized spacial score (nSPS) is 12.2. The van der Waals surface area contributed by atoms with E-state index in [1.165, 1.54) is 6.07 Å². The molecule has 100 valence electrons. The van der Waals surface area contributed by atoms with Gasteiger partial charge in [0.2, 0.25) is 0 Å². The van der Waals surface area contributed by atoms with E-state index in [1.54, 1.807) is 18.2 Å². The van der Waals surface area contributed by atoms with Crippen LogP contribution in [0.4, 0.5) is 10.1 Å². The van der Waals surface area contributed by atoms with Gasteiger partial charge in [0.25, 0.3) is 0 Å². The summed E-state index contributed by atoms with van der Waals surface area (Å²) in [4.78, 5) is 0. The maximum absolute atomic E-state index is 13.8. The minimum Gasteiger partial charge on any atom is -0.508 e. The number of phenolic OH excluding ortho intramolecular Hbond substituents is 1. The number of aromatic hydroxyl groups is 1. The zero-order chi connectivity index (χ0) is 13.8. The first-order valence-electron chi connectivity index (χ1n) is 6.42. The average molecular weight is 259 g/mol. The molecule has 0 bridgehead atoms. The third-order valence-corrected chi connectivity index (χ3v) is 3.24. The van der Waals surface area contributed by atoms with Crippen molar-refractivity contribution in [2.45, 2.75) is 26.3 Å². The number of rotatable bonds is 4. The van der Waals surface area contributed by atoms with Gasteiger partial charge in [0.05, 0.1) is 11.7 Å². The van der Waals surface area contributed by atoms with E-state index in [-0.39, 0.29) is 17.6 Å². The molecule has 2 aromatic rings. The first-order valence-corrected chi connectivity index (χ1v) is 6.42. The van der Waals surface area contributed by atoms with Gasteiger partial charge in [-0.15, -0.1) is 0 Å². The van der Waals surface area contributed by atoms with Crippen LogP contribution in [0.15, 0.2) is 42.5 Å². The van der Waals surface area contributed by atoms with Gasteiger partial charge in [0.15, 0.2) is 0 Å². The zero-order valence-electron chi connectivity index (χ0n) is 11.2. The summed E-state index contributed by atoms with van der Waals surface area (Å²) in [6.07, 6.45) is 0.832. The molecule has 19 heavy (non-hydrogen) atoms. The number of benzene rings is 2. The predicted octanol–water partition coefficient (Wildman–Crippen LogP) is 4.40. The molecular formula is C16H18FNO. The van der Waals surface area contributed by atoms with E-state index in [9.17, 15) is 9.50 Å². The van der Waals surface area contributed by atoms with Crippen LogP contribution in [0.3, 0.4) is 0 Å². The number of para-hydroxylation sites is 1. The molecule has 0 saturated heterocycles. The van der Waals surface area contributed by atoms with Crippen molar-refractivity contribution in [1.82, 2.24) is 0 Å². The Morgan fingerprint density at radius 1 is 1.16 bits per heavy atom.